The highest BCUT2D eigenvalue weighted by atomic mass is 19.1. The lowest BCUT2D eigenvalue weighted by atomic mass is 10.0. The third-order valence-electron chi connectivity index (χ3n) is 2.58. The lowest BCUT2D eigenvalue weighted by Gasteiger charge is -2.03. The van der Waals surface area contributed by atoms with Gasteiger partial charge < -0.3 is 9.21 Å². The molecule has 0 fully saturated rings. The van der Waals surface area contributed by atoms with Crippen LogP contribution in [-0.2, 0) is 4.79 Å². The second-order valence-electron chi connectivity index (χ2n) is 4.14. The second-order valence-corrected chi connectivity index (χ2v) is 4.14. The van der Waals surface area contributed by atoms with Gasteiger partial charge in [-0.05, 0) is 31.2 Å². The maximum absolute atomic E-state index is 13.0. The third-order valence-corrected chi connectivity index (χ3v) is 2.58. The van der Waals surface area contributed by atoms with Crippen LogP contribution in [0.4, 0.5) is 4.39 Å². The Bertz CT molecular complexity index is 528. The molecule has 0 spiro atoms. The largest absolute Gasteiger partial charge is 0.461 e. The molecule has 0 aliphatic heterocycles. The van der Waals surface area contributed by atoms with Crippen molar-refractivity contribution in [1.82, 2.24) is 0 Å². The minimum absolute atomic E-state index is 0.0351. The first-order valence-corrected chi connectivity index (χ1v) is 5.24. The number of hydrogen-bond acceptors (Lipinski definition) is 2. The fraction of sp³-hybridized carbons (Fsp3) is 0.308. The molecule has 3 heteroatoms. The van der Waals surface area contributed by atoms with Gasteiger partial charge in [-0.25, -0.2) is 4.39 Å². The lowest BCUT2D eigenvalue weighted by Crippen LogP contribution is -1.98. The molecular formula is C13H13FO2. The predicted octanol–water partition coefficient (Wildman–Crippen LogP) is 3.65. The highest BCUT2D eigenvalue weighted by Gasteiger charge is 2.13. The van der Waals surface area contributed by atoms with Crippen molar-refractivity contribution in [2.75, 3.05) is 0 Å². The maximum Gasteiger partial charge on any atom is 0.134 e. The predicted molar refractivity (Wildman–Crippen MR) is 59.9 cm³/mol. The van der Waals surface area contributed by atoms with Gasteiger partial charge in [-0.2, -0.15) is 0 Å². The summed E-state index contributed by atoms with van der Waals surface area (Å²) < 4.78 is 18.5. The van der Waals surface area contributed by atoms with Gasteiger partial charge in [0.2, 0.25) is 0 Å². The summed E-state index contributed by atoms with van der Waals surface area (Å²) in [6.45, 7) is 3.48. The van der Waals surface area contributed by atoms with E-state index in [0.717, 1.165) is 11.1 Å². The summed E-state index contributed by atoms with van der Waals surface area (Å²) in [6, 6.07) is 6.20. The van der Waals surface area contributed by atoms with Crippen LogP contribution in [0.3, 0.4) is 0 Å². The Labute approximate surface area is 93.1 Å². The van der Waals surface area contributed by atoms with Gasteiger partial charge >= 0.3 is 0 Å². The van der Waals surface area contributed by atoms with Crippen LogP contribution in [0.1, 0.15) is 31.9 Å². The van der Waals surface area contributed by atoms with Crippen LogP contribution >= 0.6 is 0 Å². The number of Topliss-reactive ketones (excluding diaryl/α,β-unsaturated/α-hetero) is 1. The van der Waals surface area contributed by atoms with Crippen LogP contribution in [0.15, 0.2) is 28.7 Å². The van der Waals surface area contributed by atoms with Crippen LogP contribution in [0, 0.1) is 5.82 Å². The summed E-state index contributed by atoms with van der Waals surface area (Å²) in [5, 5.41) is 0.741. The van der Waals surface area contributed by atoms with Gasteiger partial charge in [-0.1, -0.05) is 6.92 Å². The van der Waals surface area contributed by atoms with E-state index in [1.54, 1.807) is 19.1 Å². The Morgan fingerprint density at radius 3 is 2.88 bits per heavy atom. The molecule has 2 rings (SSSR count). The summed E-state index contributed by atoms with van der Waals surface area (Å²) in [5.74, 6) is 0.613. The molecule has 2 aromatic rings. The highest BCUT2D eigenvalue weighted by Crippen LogP contribution is 2.27. The highest BCUT2D eigenvalue weighted by molar-refractivity contribution is 5.79. The number of carbonyl (C=O) groups is 1. The summed E-state index contributed by atoms with van der Waals surface area (Å²) in [4.78, 5) is 11.0. The lowest BCUT2D eigenvalue weighted by molar-refractivity contribution is -0.117. The van der Waals surface area contributed by atoms with Crippen LogP contribution in [0.25, 0.3) is 11.0 Å². The molecule has 1 atom stereocenters. The Balaban J connectivity index is 2.35. The smallest absolute Gasteiger partial charge is 0.134 e. The number of carbonyl (C=O) groups excluding carboxylic acids is 1. The zero-order valence-electron chi connectivity index (χ0n) is 9.29. The minimum atomic E-state index is -0.279. The molecule has 2 nitrogen and oxygen atoms in total. The van der Waals surface area contributed by atoms with Crippen molar-refractivity contribution in [2.45, 2.75) is 26.2 Å². The minimum Gasteiger partial charge on any atom is -0.461 e. The molecule has 0 aliphatic rings. The van der Waals surface area contributed by atoms with Crippen LogP contribution < -0.4 is 0 Å². The van der Waals surface area contributed by atoms with Crippen molar-refractivity contribution in [3.8, 4) is 0 Å². The monoisotopic (exact) mass is 220 g/mol. The first-order chi connectivity index (χ1) is 7.56. The van der Waals surface area contributed by atoms with E-state index >= 15 is 0 Å². The number of rotatable bonds is 3. The van der Waals surface area contributed by atoms with E-state index in [9.17, 15) is 9.18 Å². The third kappa shape index (κ3) is 2.13. The van der Waals surface area contributed by atoms with Crippen LogP contribution in [0.2, 0.25) is 0 Å². The molecule has 0 aliphatic carbocycles. The Kier molecular flexibility index (Phi) is 2.77. The van der Waals surface area contributed by atoms with Gasteiger partial charge in [-0.15, -0.1) is 0 Å². The fourth-order valence-electron chi connectivity index (χ4n) is 1.81. The van der Waals surface area contributed by atoms with Gasteiger partial charge in [0.25, 0.3) is 0 Å². The van der Waals surface area contributed by atoms with Gasteiger partial charge in [0.1, 0.15) is 22.9 Å². The average molecular weight is 220 g/mol. The number of hydrogen-bond donors (Lipinski definition) is 0. The zero-order chi connectivity index (χ0) is 11.7. The molecule has 0 saturated heterocycles. The molecule has 1 heterocycles. The van der Waals surface area contributed by atoms with Gasteiger partial charge in [0.05, 0.1) is 0 Å². The van der Waals surface area contributed by atoms with Crippen LogP contribution in [-0.4, -0.2) is 5.78 Å². The Morgan fingerprint density at radius 2 is 2.19 bits per heavy atom. The SMILES string of the molecule is CC(=O)CC(C)c1cc2cc(F)ccc2o1. The van der Waals surface area contributed by atoms with Crippen LogP contribution in [0.5, 0.6) is 0 Å². The summed E-state index contributed by atoms with van der Waals surface area (Å²) in [7, 11) is 0. The van der Waals surface area contributed by atoms with Crippen molar-refractivity contribution >= 4 is 16.8 Å². The molecule has 1 unspecified atom stereocenters. The van der Waals surface area contributed by atoms with E-state index < -0.39 is 0 Å². The fourth-order valence-corrected chi connectivity index (χ4v) is 1.81. The van der Waals surface area contributed by atoms with Crippen molar-refractivity contribution in [2.24, 2.45) is 0 Å². The molecule has 16 heavy (non-hydrogen) atoms. The number of halogens is 1. The first-order valence-electron chi connectivity index (χ1n) is 5.24. The number of benzene rings is 1. The van der Waals surface area contributed by atoms with E-state index in [4.69, 9.17) is 4.42 Å². The average Bonchev–Trinajstić information content (AvgIpc) is 2.59. The van der Waals surface area contributed by atoms with Crippen molar-refractivity contribution in [3.63, 3.8) is 0 Å². The zero-order valence-corrected chi connectivity index (χ0v) is 9.29. The van der Waals surface area contributed by atoms with E-state index in [-0.39, 0.29) is 17.5 Å². The summed E-state index contributed by atoms with van der Waals surface area (Å²) >= 11 is 0. The number of furan rings is 1. The molecule has 0 radical (unpaired) electrons. The molecule has 1 aromatic heterocycles. The van der Waals surface area contributed by atoms with E-state index in [0.29, 0.717) is 12.0 Å². The normalized spacial score (nSPS) is 12.9. The van der Waals surface area contributed by atoms with Gasteiger partial charge in [0.15, 0.2) is 0 Å². The topological polar surface area (TPSA) is 30.2 Å². The molecular weight excluding hydrogens is 207 g/mol. The Hall–Kier alpha value is -1.64. The van der Waals surface area contributed by atoms with Gasteiger partial charge in [0, 0.05) is 17.7 Å². The molecule has 0 bridgehead atoms. The molecule has 1 aromatic carbocycles. The van der Waals surface area contributed by atoms with Crippen molar-refractivity contribution < 1.29 is 13.6 Å². The standard InChI is InChI=1S/C13H13FO2/c1-8(5-9(2)15)13-7-10-6-11(14)3-4-12(10)16-13/h3-4,6-8H,5H2,1-2H3. The number of ketones is 1. The Morgan fingerprint density at radius 1 is 1.44 bits per heavy atom. The van der Waals surface area contributed by atoms with E-state index in [1.807, 2.05) is 6.92 Å². The van der Waals surface area contributed by atoms with Gasteiger partial charge in [-0.3, -0.25) is 0 Å². The second kappa shape index (κ2) is 4.08. The molecule has 0 saturated carbocycles. The molecule has 0 N–H and O–H groups in total. The molecule has 0 amide bonds. The molecule has 84 valence electrons. The van der Waals surface area contributed by atoms with Crippen molar-refractivity contribution in [1.29, 1.82) is 0 Å². The van der Waals surface area contributed by atoms with E-state index in [1.165, 1.54) is 12.1 Å². The summed E-state index contributed by atoms with van der Waals surface area (Å²) in [5.41, 5.74) is 0.659. The number of fused-ring (bicyclic) bond motifs is 1. The van der Waals surface area contributed by atoms with E-state index in [2.05, 4.69) is 0 Å². The first kappa shape index (κ1) is 10.9. The maximum atomic E-state index is 13.0. The quantitative estimate of drug-likeness (QED) is 0.790. The summed E-state index contributed by atoms with van der Waals surface area (Å²) in [6.07, 6.45) is 0.447. The van der Waals surface area contributed by atoms with Crippen molar-refractivity contribution in [3.05, 3.63) is 35.8 Å².